The average Bonchev–Trinajstić information content (AvgIpc) is 2.64. The van der Waals surface area contributed by atoms with Crippen molar-refractivity contribution in [3.8, 4) is 5.88 Å². The third kappa shape index (κ3) is 4.21. The van der Waals surface area contributed by atoms with Crippen molar-refractivity contribution in [1.82, 2.24) is 15.1 Å². The van der Waals surface area contributed by atoms with E-state index in [2.05, 4.69) is 10.4 Å². The second kappa shape index (κ2) is 6.08. The summed E-state index contributed by atoms with van der Waals surface area (Å²) < 4.78 is 42.9. The Morgan fingerprint density at radius 1 is 1.50 bits per heavy atom. The van der Waals surface area contributed by atoms with E-state index in [0.29, 0.717) is 18.0 Å². The number of aryl methyl sites for hydroxylation is 1. The summed E-state index contributed by atoms with van der Waals surface area (Å²) in [4.78, 5) is 0. The molecule has 0 aromatic carbocycles. The molecule has 104 valence electrons. The second-order valence-electron chi connectivity index (χ2n) is 4.08. The van der Waals surface area contributed by atoms with Crippen molar-refractivity contribution in [2.45, 2.75) is 31.5 Å². The summed E-state index contributed by atoms with van der Waals surface area (Å²) in [7, 11) is 4.96. The SMILES string of the molecule is CNC(CCCC(F)(F)F)c1cc(OC)n(C)n1. The summed E-state index contributed by atoms with van der Waals surface area (Å²) >= 11 is 0. The number of rotatable bonds is 6. The molecule has 1 unspecified atom stereocenters. The van der Waals surface area contributed by atoms with Gasteiger partial charge in [-0.1, -0.05) is 0 Å². The highest BCUT2D eigenvalue weighted by molar-refractivity contribution is 5.18. The molecule has 0 aliphatic heterocycles. The van der Waals surface area contributed by atoms with Gasteiger partial charge in [-0.2, -0.15) is 18.3 Å². The highest BCUT2D eigenvalue weighted by Gasteiger charge is 2.27. The van der Waals surface area contributed by atoms with Gasteiger partial charge in [0.25, 0.3) is 0 Å². The number of nitrogens with zero attached hydrogens (tertiary/aromatic N) is 2. The normalized spacial score (nSPS) is 13.7. The van der Waals surface area contributed by atoms with Gasteiger partial charge in [-0.15, -0.1) is 0 Å². The topological polar surface area (TPSA) is 39.1 Å². The molecule has 1 aromatic rings. The van der Waals surface area contributed by atoms with Gasteiger partial charge in [0, 0.05) is 19.5 Å². The molecular weight excluding hydrogens is 247 g/mol. The Balaban J connectivity index is 2.60. The predicted molar refractivity (Wildman–Crippen MR) is 61.5 cm³/mol. The summed E-state index contributed by atoms with van der Waals surface area (Å²) in [6.45, 7) is 0. The minimum absolute atomic E-state index is 0.0773. The highest BCUT2D eigenvalue weighted by Crippen LogP contribution is 2.26. The van der Waals surface area contributed by atoms with Gasteiger partial charge in [0.2, 0.25) is 5.88 Å². The van der Waals surface area contributed by atoms with E-state index < -0.39 is 12.6 Å². The van der Waals surface area contributed by atoms with Gasteiger partial charge in [0.1, 0.15) is 0 Å². The Hall–Kier alpha value is -1.24. The van der Waals surface area contributed by atoms with Crippen LogP contribution in [0.1, 0.15) is 31.0 Å². The molecule has 0 saturated carbocycles. The van der Waals surface area contributed by atoms with Crippen molar-refractivity contribution in [3.05, 3.63) is 11.8 Å². The van der Waals surface area contributed by atoms with Crippen LogP contribution < -0.4 is 10.1 Å². The molecule has 1 atom stereocenters. The van der Waals surface area contributed by atoms with E-state index in [4.69, 9.17) is 4.74 Å². The van der Waals surface area contributed by atoms with E-state index in [1.807, 2.05) is 0 Å². The molecule has 1 aromatic heterocycles. The van der Waals surface area contributed by atoms with Crippen LogP contribution >= 0.6 is 0 Å². The molecule has 4 nitrogen and oxygen atoms in total. The van der Waals surface area contributed by atoms with E-state index in [9.17, 15) is 13.2 Å². The van der Waals surface area contributed by atoms with Crippen molar-refractivity contribution < 1.29 is 17.9 Å². The van der Waals surface area contributed by atoms with Gasteiger partial charge in [0.15, 0.2) is 0 Å². The van der Waals surface area contributed by atoms with Crippen molar-refractivity contribution >= 4 is 0 Å². The Morgan fingerprint density at radius 3 is 2.61 bits per heavy atom. The number of hydrogen-bond donors (Lipinski definition) is 1. The zero-order valence-corrected chi connectivity index (χ0v) is 10.7. The Morgan fingerprint density at radius 2 is 2.17 bits per heavy atom. The molecule has 1 rings (SSSR count). The third-order valence-electron chi connectivity index (χ3n) is 2.72. The van der Waals surface area contributed by atoms with E-state index in [0.717, 1.165) is 0 Å². The first-order valence-corrected chi connectivity index (χ1v) is 5.69. The van der Waals surface area contributed by atoms with Gasteiger partial charge in [-0.25, -0.2) is 4.68 Å². The molecule has 0 spiro atoms. The van der Waals surface area contributed by atoms with E-state index in [1.54, 1.807) is 24.8 Å². The van der Waals surface area contributed by atoms with E-state index >= 15 is 0 Å². The first-order chi connectivity index (χ1) is 8.37. The second-order valence-corrected chi connectivity index (χ2v) is 4.08. The van der Waals surface area contributed by atoms with Crippen LogP contribution in [0.5, 0.6) is 5.88 Å². The van der Waals surface area contributed by atoms with Gasteiger partial charge in [-0.05, 0) is 19.9 Å². The summed E-state index contributed by atoms with van der Waals surface area (Å²) in [6, 6.07) is 1.54. The van der Waals surface area contributed by atoms with Gasteiger partial charge < -0.3 is 10.1 Å². The highest BCUT2D eigenvalue weighted by atomic mass is 19.4. The maximum atomic E-state index is 12.1. The van der Waals surface area contributed by atoms with E-state index in [-0.39, 0.29) is 12.5 Å². The lowest BCUT2D eigenvalue weighted by Crippen LogP contribution is -2.18. The summed E-state index contributed by atoms with van der Waals surface area (Å²) in [5.74, 6) is 0.584. The largest absolute Gasteiger partial charge is 0.481 e. The van der Waals surface area contributed by atoms with Crippen LogP contribution in [0.4, 0.5) is 13.2 Å². The number of aromatic nitrogens is 2. The average molecular weight is 265 g/mol. The first-order valence-electron chi connectivity index (χ1n) is 5.69. The zero-order valence-electron chi connectivity index (χ0n) is 10.7. The van der Waals surface area contributed by atoms with Gasteiger partial charge >= 0.3 is 6.18 Å². The van der Waals surface area contributed by atoms with Crippen LogP contribution in [0.2, 0.25) is 0 Å². The number of nitrogens with one attached hydrogen (secondary N) is 1. The fourth-order valence-electron chi connectivity index (χ4n) is 1.78. The van der Waals surface area contributed by atoms with Crippen LogP contribution in [-0.4, -0.2) is 30.1 Å². The molecule has 0 radical (unpaired) electrons. The van der Waals surface area contributed by atoms with Gasteiger partial charge in [-0.3, -0.25) is 0 Å². The lowest BCUT2D eigenvalue weighted by Gasteiger charge is -2.14. The van der Waals surface area contributed by atoms with Crippen LogP contribution in [0.15, 0.2) is 6.07 Å². The molecular formula is C11H18F3N3O. The number of methoxy groups -OCH3 is 1. The Labute approximate surface area is 104 Å². The van der Waals surface area contributed by atoms with Crippen molar-refractivity contribution in [2.24, 2.45) is 7.05 Å². The number of hydrogen-bond acceptors (Lipinski definition) is 3. The molecule has 0 fully saturated rings. The lowest BCUT2D eigenvalue weighted by molar-refractivity contribution is -0.135. The fraction of sp³-hybridized carbons (Fsp3) is 0.727. The number of ether oxygens (including phenoxy) is 1. The fourth-order valence-corrected chi connectivity index (χ4v) is 1.78. The molecule has 1 N–H and O–H groups in total. The lowest BCUT2D eigenvalue weighted by atomic mass is 10.1. The summed E-state index contributed by atoms with van der Waals surface area (Å²) in [6.07, 6.45) is -4.40. The minimum Gasteiger partial charge on any atom is -0.481 e. The maximum absolute atomic E-state index is 12.1. The Kier molecular flexibility index (Phi) is 5.01. The smallest absolute Gasteiger partial charge is 0.389 e. The number of alkyl halides is 3. The Bertz CT molecular complexity index is 376. The summed E-state index contributed by atoms with van der Waals surface area (Å²) in [5.41, 5.74) is 0.694. The molecule has 0 amide bonds. The van der Waals surface area contributed by atoms with Crippen LogP contribution in [0, 0.1) is 0 Å². The predicted octanol–water partition coefficient (Wildman–Crippen LogP) is 2.42. The zero-order chi connectivity index (χ0) is 13.8. The molecule has 0 saturated heterocycles. The van der Waals surface area contributed by atoms with Gasteiger partial charge in [0.05, 0.1) is 18.8 Å². The molecule has 1 heterocycles. The molecule has 18 heavy (non-hydrogen) atoms. The summed E-state index contributed by atoms with van der Waals surface area (Å²) in [5, 5.41) is 7.19. The van der Waals surface area contributed by atoms with Crippen molar-refractivity contribution in [2.75, 3.05) is 14.2 Å². The molecule has 7 heteroatoms. The third-order valence-corrected chi connectivity index (χ3v) is 2.72. The van der Waals surface area contributed by atoms with Crippen LogP contribution in [0.25, 0.3) is 0 Å². The van der Waals surface area contributed by atoms with Crippen molar-refractivity contribution in [3.63, 3.8) is 0 Å². The first kappa shape index (κ1) is 14.8. The maximum Gasteiger partial charge on any atom is 0.389 e. The molecule has 0 aliphatic rings. The standard InChI is InChI=1S/C11H18F3N3O/c1-15-8(5-4-6-11(12,13)14)9-7-10(18-3)17(2)16-9/h7-8,15H,4-6H2,1-3H3. The van der Waals surface area contributed by atoms with Crippen LogP contribution in [-0.2, 0) is 7.05 Å². The minimum atomic E-state index is -4.10. The number of halogens is 3. The monoisotopic (exact) mass is 265 g/mol. The van der Waals surface area contributed by atoms with Crippen LogP contribution in [0.3, 0.4) is 0 Å². The quantitative estimate of drug-likeness (QED) is 0.858. The molecule has 0 aliphatic carbocycles. The molecule has 0 bridgehead atoms. The van der Waals surface area contributed by atoms with E-state index in [1.165, 1.54) is 7.11 Å². The van der Waals surface area contributed by atoms with Crippen molar-refractivity contribution in [1.29, 1.82) is 0 Å².